The molecule has 0 bridgehead atoms. The molecule has 25 heavy (non-hydrogen) atoms. The van der Waals surface area contributed by atoms with Gasteiger partial charge in [-0.2, -0.15) is 0 Å². The maximum absolute atomic E-state index is 12.1. The highest BCUT2D eigenvalue weighted by Gasteiger charge is 2.27. The summed E-state index contributed by atoms with van der Waals surface area (Å²) in [5.41, 5.74) is 5.42. The minimum absolute atomic E-state index is 0.287. The number of hydrogen-bond donors (Lipinski definition) is 6. The summed E-state index contributed by atoms with van der Waals surface area (Å²) in [6.45, 7) is 4.24. The van der Waals surface area contributed by atoms with Gasteiger partial charge in [0, 0.05) is 0 Å². The second kappa shape index (κ2) is 10.2. The molecule has 0 aliphatic rings. The number of carbonyl (C=O) groups is 5. The first-order valence-electron chi connectivity index (χ1n) is 7.53. The first kappa shape index (κ1) is 22.3. The molecule has 3 unspecified atom stereocenters. The zero-order valence-corrected chi connectivity index (χ0v) is 14.2. The molecule has 0 aromatic rings. The van der Waals surface area contributed by atoms with E-state index in [1.165, 1.54) is 6.92 Å². The normalized spacial score (nSPS) is 14.1. The van der Waals surface area contributed by atoms with Crippen molar-refractivity contribution in [2.24, 2.45) is 11.7 Å². The van der Waals surface area contributed by atoms with E-state index in [0.29, 0.717) is 0 Å². The molecule has 0 saturated heterocycles. The van der Waals surface area contributed by atoms with Crippen LogP contribution in [0.15, 0.2) is 0 Å². The number of carboxylic acids is 2. The van der Waals surface area contributed by atoms with E-state index in [1.807, 2.05) is 5.32 Å². The Kier molecular flexibility index (Phi) is 9.13. The van der Waals surface area contributed by atoms with E-state index < -0.39 is 60.8 Å². The standard InChI is InChI=1S/C14H24N4O7/c1-6(2)11(18-12(22)7(3)15)13(23)16-5-9(19)17-8(14(24)25)4-10(20)21/h6-8,11H,4-5,15H2,1-3H3,(H,16,23)(H,17,19)(H,18,22)(H,20,21)(H,24,25). The van der Waals surface area contributed by atoms with Crippen LogP contribution in [0.2, 0.25) is 0 Å². The lowest BCUT2D eigenvalue weighted by atomic mass is 10.0. The van der Waals surface area contributed by atoms with Gasteiger partial charge < -0.3 is 31.9 Å². The number of carboxylic acid groups (broad SMARTS) is 2. The van der Waals surface area contributed by atoms with Gasteiger partial charge in [-0.3, -0.25) is 19.2 Å². The molecule has 0 aliphatic carbocycles. The van der Waals surface area contributed by atoms with Crippen LogP contribution in [0, 0.1) is 5.92 Å². The van der Waals surface area contributed by atoms with Crippen molar-refractivity contribution in [1.29, 1.82) is 0 Å². The number of rotatable bonds is 10. The Morgan fingerprint density at radius 1 is 0.960 bits per heavy atom. The van der Waals surface area contributed by atoms with E-state index in [9.17, 15) is 24.0 Å². The van der Waals surface area contributed by atoms with Crippen molar-refractivity contribution in [2.75, 3.05) is 6.54 Å². The summed E-state index contributed by atoms with van der Waals surface area (Å²) in [5, 5.41) is 24.1. The van der Waals surface area contributed by atoms with Crippen LogP contribution < -0.4 is 21.7 Å². The predicted octanol–water partition coefficient (Wildman–Crippen LogP) is -2.37. The van der Waals surface area contributed by atoms with Crippen molar-refractivity contribution in [1.82, 2.24) is 16.0 Å². The molecule has 3 amide bonds. The van der Waals surface area contributed by atoms with Gasteiger partial charge in [0.05, 0.1) is 19.0 Å². The zero-order valence-electron chi connectivity index (χ0n) is 14.2. The Morgan fingerprint density at radius 2 is 1.52 bits per heavy atom. The number of amides is 3. The average molecular weight is 360 g/mol. The van der Waals surface area contributed by atoms with Gasteiger partial charge in [-0.1, -0.05) is 13.8 Å². The van der Waals surface area contributed by atoms with E-state index >= 15 is 0 Å². The first-order chi connectivity index (χ1) is 11.5. The van der Waals surface area contributed by atoms with Crippen molar-refractivity contribution in [3.63, 3.8) is 0 Å². The lowest BCUT2D eigenvalue weighted by Crippen LogP contribution is -2.55. The average Bonchev–Trinajstić information content (AvgIpc) is 2.48. The fourth-order valence-corrected chi connectivity index (χ4v) is 1.72. The van der Waals surface area contributed by atoms with Crippen LogP contribution in [0.25, 0.3) is 0 Å². The molecular weight excluding hydrogens is 336 g/mol. The van der Waals surface area contributed by atoms with Crippen LogP contribution in [0.3, 0.4) is 0 Å². The van der Waals surface area contributed by atoms with Gasteiger partial charge in [0.2, 0.25) is 17.7 Å². The second-order valence-corrected chi connectivity index (χ2v) is 5.79. The summed E-state index contributed by atoms with van der Waals surface area (Å²) in [6, 6.07) is -3.36. The van der Waals surface area contributed by atoms with Crippen molar-refractivity contribution in [3.05, 3.63) is 0 Å². The molecule has 11 nitrogen and oxygen atoms in total. The summed E-state index contributed by atoms with van der Waals surface area (Å²) >= 11 is 0. The zero-order chi connectivity index (χ0) is 19.7. The molecule has 11 heteroatoms. The highest BCUT2D eigenvalue weighted by Crippen LogP contribution is 2.02. The Labute approximate surface area is 144 Å². The van der Waals surface area contributed by atoms with Crippen LogP contribution in [0.5, 0.6) is 0 Å². The van der Waals surface area contributed by atoms with Gasteiger partial charge in [-0.05, 0) is 12.8 Å². The summed E-state index contributed by atoms with van der Waals surface area (Å²) in [7, 11) is 0. The highest BCUT2D eigenvalue weighted by atomic mass is 16.4. The van der Waals surface area contributed by atoms with Gasteiger partial charge in [0.25, 0.3) is 0 Å². The molecule has 0 spiro atoms. The second-order valence-electron chi connectivity index (χ2n) is 5.79. The summed E-state index contributed by atoms with van der Waals surface area (Å²) in [4.78, 5) is 56.8. The summed E-state index contributed by atoms with van der Waals surface area (Å²) in [5.74, 6) is -5.25. The smallest absolute Gasteiger partial charge is 0.326 e. The monoisotopic (exact) mass is 360 g/mol. The lowest BCUT2D eigenvalue weighted by Gasteiger charge is -2.22. The first-order valence-corrected chi connectivity index (χ1v) is 7.53. The fraction of sp³-hybridized carbons (Fsp3) is 0.643. The molecule has 3 atom stereocenters. The van der Waals surface area contributed by atoms with Crippen LogP contribution in [0.4, 0.5) is 0 Å². The highest BCUT2D eigenvalue weighted by molar-refractivity contribution is 5.93. The van der Waals surface area contributed by atoms with Crippen LogP contribution >= 0.6 is 0 Å². The quantitative estimate of drug-likeness (QED) is 0.249. The fourth-order valence-electron chi connectivity index (χ4n) is 1.72. The SMILES string of the molecule is CC(N)C(=O)NC(C(=O)NCC(=O)NC(CC(=O)O)C(=O)O)C(C)C. The molecule has 7 N–H and O–H groups in total. The van der Waals surface area contributed by atoms with Gasteiger partial charge in [0.15, 0.2) is 0 Å². The number of nitrogens with one attached hydrogen (secondary N) is 3. The van der Waals surface area contributed by atoms with E-state index in [2.05, 4.69) is 10.6 Å². The van der Waals surface area contributed by atoms with Crippen molar-refractivity contribution in [3.8, 4) is 0 Å². The van der Waals surface area contributed by atoms with E-state index in [0.717, 1.165) is 0 Å². The topological polar surface area (TPSA) is 188 Å². The van der Waals surface area contributed by atoms with E-state index in [-0.39, 0.29) is 5.92 Å². The van der Waals surface area contributed by atoms with Crippen LogP contribution in [0.1, 0.15) is 27.2 Å². The molecule has 0 rings (SSSR count). The third-order valence-electron chi connectivity index (χ3n) is 3.10. The predicted molar refractivity (Wildman–Crippen MR) is 85.2 cm³/mol. The molecule has 0 aromatic heterocycles. The summed E-state index contributed by atoms with van der Waals surface area (Å²) in [6.07, 6.45) is -0.798. The number of aliphatic carboxylic acids is 2. The molecular formula is C14H24N4O7. The maximum Gasteiger partial charge on any atom is 0.326 e. The van der Waals surface area contributed by atoms with Crippen LogP contribution in [-0.2, 0) is 24.0 Å². The van der Waals surface area contributed by atoms with Crippen LogP contribution in [-0.4, -0.2) is 64.5 Å². The van der Waals surface area contributed by atoms with Crippen molar-refractivity contribution >= 4 is 29.7 Å². The number of nitrogens with two attached hydrogens (primary N) is 1. The molecule has 142 valence electrons. The molecule has 0 heterocycles. The minimum Gasteiger partial charge on any atom is -0.481 e. The number of hydrogen-bond acceptors (Lipinski definition) is 6. The van der Waals surface area contributed by atoms with Gasteiger partial charge in [-0.25, -0.2) is 4.79 Å². The Bertz CT molecular complexity index is 533. The summed E-state index contributed by atoms with van der Waals surface area (Å²) < 4.78 is 0. The Morgan fingerprint density at radius 3 is 1.92 bits per heavy atom. The van der Waals surface area contributed by atoms with Crippen molar-refractivity contribution < 1.29 is 34.2 Å². The Hall–Kier alpha value is -2.69. The van der Waals surface area contributed by atoms with E-state index in [4.69, 9.17) is 15.9 Å². The third-order valence-corrected chi connectivity index (χ3v) is 3.10. The Balaban J connectivity index is 4.67. The van der Waals surface area contributed by atoms with Gasteiger partial charge in [0.1, 0.15) is 12.1 Å². The number of carbonyl (C=O) groups excluding carboxylic acids is 3. The molecule has 0 saturated carbocycles. The van der Waals surface area contributed by atoms with E-state index in [1.54, 1.807) is 13.8 Å². The molecule has 0 radical (unpaired) electrons. The van der Waals surface area contributed by atoms with Gasteiger partial charge in [-0.15, -0.1) is 0 Å². The minimum atomic E-state index is -1.61. The van der Waals surface area contributed by atoms with Crippen molar-refractivity contribution in [2.45, 2.75) is 45.3 Å². The largest absolute Gasteiger partial charge is 0.481 e. The van der Waals surface area contributed by atoms with Gasteiger partial charge >= 0.3 is 11.9 Å². The maximum atomic E-state index is 12.1. The molecule has 0 aliphatic heterocycles. The third kappa shape index (κ3) is 8.65. The molecule has 0 fully saturated rings. The molecule has 0 aromatic carbocycles. The lowest BCUT2D eigenvalue weighted by molar-refractivity contribution is -0.147.